The molecular formula is C14H16N2O3. The normalized spacial score (nSPS) is 10.5. The second-order valence-electron chi connectivity index (χ2n) is 4.41. The number of methoxy groups -OCH3 is 1. The molecule has 1 aromatic carbocycles. The highest BCUT2D eigenvalue weighted by atomic mass is 16.5. The summed E-state index contributed by atoms with van der Waals surface area (Å²) in [6, 6.07) is 5.78. The van der Waals surface area contributed by atoms with Crippen LogP contribution in [-0.2, 0) is 11.2 Å². The van der Waals surface area contributed by atoms with Gasteiger partial charge in [0.05, 0.1) is 12.8 Å². The standard InChI is InChI=1S/C14H16N2O3/c1-8-6-10(4-5-11(8)19-3)14-9(2)15-12(16-14)7-13(17)18/h4-6H,7H2,1-3H3,(H,15,16)(H,17,18). The van der Waals surface area contributed by atoms with Crippen LogP contribution in [0.1, 0.15) is 17.1 Å². The lowest BCUT2D eigenvalue weighted by Gasteiger charge is -2.06. The van der Waals surface area contributed by atoms with E-state index in [1.54, 1.807) is 7.11 Å². The fourth-order valence-corrected chi connectivity index (χ4v) is 2.06. The molecule has 0 amide bonds. The number of hydrogen-bond donors (Lipinski definition) is 2. The fourth-order valence-electron chi connectivity index (χ4n) is 2.06. The van der Waals surface area contributed by atoms with Gasteiger partial charge in [-0.2, -0.15) is 0 Å². The van der Waals surface area contributed by atoms with Gasteiger partial charge in [-0.1, -0.05) is 0 Å². The molecule has 0 aliphatic heterocycles. The van der Waals surface area contributed by atoms with E-state index in [2.05, 4.69) is 9.97 Å². The lowest BCUT2D eigenvalue weighted by molar-refractivity contribution is -0.136. The predicted octanol–water partition coefficient (Wildman–Crippen LogP) is 2.33. The molecule has 5 heteroatoms. The number of rotatable bonds is 4. The van der Waals surface area contributed by atoms with Gasteiger partial charge in [-0.05, 0) is 37.6 Å². The molecule has 0 aliphatic carbocycles. The molecule has 0 saturated carbocycles. The van der Waals surface area contributed by atoms with Crippen LogP contribution in [-0.4, -0.2) is 28.2 Å². The lowest BCUT2D eigenvalue weighted by Crippen LogP contribution is -2.01. The molecule has 19 heavy (non-hydrogen) atoms. The zero-order valence-electron chi connectivity index (χ0n) is 11.2. The number of carbonyl (C=O) groups is 1. The van der Waals surface area contributed by atoms with Crippen LogP contribution in [0.15, 0.2) is 18.2 Å². The molecule has 0 atom stereocenters. The Morgan fingerprint density at radius 2 is 2.16 bits per heavy atom. The van der Waals surface area contributed by atoms with Gasteiger partial charge >= 0.3 is 5.97 Å². The third-order valence-corrected chi connectivity index (χ3v) is 2.92. The van der Waals surface area contributed by atoms with E-state index in [4.69, 9.17) is 9.84 Å². The van der Waals surface area contributed by atoms with E-state index < -0.39 is 5.97 Å². The number of nitrogens with one attached hydrogen (secondary N) is 1. The number of nitrogens with zero attached hydrogens (tertiary/aromatic N) is 1. The summed E-state index contributed by atoms with van der Waals surface area (Å²) in [7, 11) is 1.63. The van der Waals surface area contributed by atoms with Gasteiger partial charge in [0.15, 0.2) is 0 Å². The SMILES string of the molecule is COc1ccc(-c2nc(CC(=O)O)[nH]c2C)cc1C. The van der Waals surface area contributed by atoms with E-state index in [-0.39, 0.29) is 6.42 Å². The third-order valence-electron chi connectivity index (χ3n) is 2.92. The highest BCUT2D eigenvalue weighted by Gasteiger charge is 2.12. The van der Waals surface area contributed by atoms with Gasteiger partial charge < -0.3 is 14.8 Å². The summed E-state index contributed by atoms with van der Waals surface area (Å²) in [5.41, 5.74) is 3.61. The Labute approximate surface area is 111 Å². The van der Waals surface area contributed by atoms with Crippen molar-refractivity contribution in [1.82, 2.24) is 9.97 Å². The van der Waals surface area contributed by atoms with Crippen molar-refractivity contribution < 1.29 is 14.6 Å². The molecule has 0 radical (unpaired) electrons. The monoisotopic (exact) mass is 260 g/mol. The molecule has 0 fully saturated rings. The number of aliphatic carboxylic acids is 1. The van der Waals surface area contributed by atoms with Crippen LogP contribution in [0.2, 0.25) is 0 Å². The summed E-state index contributed by atoms with van der Waals surface area (Å²) < 4.78 is 5.22. The Balaban J connectivity index is 2.38. The van der Waals surface area contributed by atoms with E-state index in [1.807, 2.05) is 32.0 Å². The number of benzene rings is 1. The molecule has 2 rings (SSSR count). The van der Waals surface area contributed by atoms with Gasteiger partial charge in [-0.3, -0.25) is 4.79 Å². The fraction of sp³-hybridized carbons (Fsp3) is 0.286. The van der Waals surface area contributed by atoms with Crippen molar-refractivity contribution >= 4 is 5.97 Å². The summed E-state index contributed by atoms with van der Waals surface area (Å²) in [4.78, 5) is 18.0. The number of aromatic amines is 1. The van der Waals surface area contributed by atoms with Gasteiger partial charge in [0.25, 0.3) is 0 Å². The van der Waals surface area contributed by atoms with Gasteiger partial charge in [0.1, 0.15) is 18.0 Å². The zero-order chi connectivity index (χ0) is 14.0. The van der Waals surface area contributed by atoms with Crippen LogP contribution >= 0.6 is 0 Å². The van der Waals surface area contributed by atoms with Crippen LogP contribution in [0.3, 0.4) is 0 Å². The quantitative estimate of drug-likeness (QED) is 0.884. The topological polar surface area (TPSA) is 75.2 Å². The number of imidazole rings is 1. The van der Waals surface area contributed by atoms with E-state index in [0.717, 1.165) is 28.3 Å². The van der Waals surface area contributed by atoms with Crippen molar-refractivity contribution in [3.8, 4) is 17.0 Å². The Morgan fingerprint density at radius 3 is 2.74 bits per heavy atom. The Kier molecular flexibility index (Phi) is 3.55. The van der Waals surface area contributed by atoms with Gasteiger partial charge in [-0.25, -0.2) is 4.98 Å². The molecule has 2 N–H and O–H groups in total. The molecule has 0 unspecified atom stereocenters. The van der Waals surface area contributed by atoms with Crippen LogP contribution in [0.5, 0.6) is 5.75 Å². The maximum atomic E-state index is 10.7. The van der Waals surface area contributed by atoms with Crippen LogP contribution in [0, 0.1) is 13.8 Å². The molecule has 1 aromatic heterocycles. The second-order valence-corrected chi connectivity index (χ2v) is 4.41. The minimum Gasteiger partial charge on any atom is -0.496 e. The first-order valence-corrected chi connectivity index (χ1v) is 5.93. The highest BCUT2D eigenvalue weighted by Crippen LogP contribution is 2.27. The van der Waals surface area contributed by atoms with Crippen LogP contribution < -0.4 is 4.74 Å². The number of hydrogen-bond acceptors (Lipinski definition) is 3. The van der Waals surface area contributed by atoms with Gasteiger partial charge in [0, 0.05) is 11.3 Å². The Morgan fingerprint density at radius 1 is 1.42 bits per heavy atom. The van der Waals surface area contributed by atoms with Crippen LogP contribution in [0.25, 0.3) is 11.3 Å². The second kappa shape index (κ2) is 5.14. The van der Waals surface area contributed by atoms with E-state index in [1.165, 1.54) is 0 Å². The number of H-pyrrole nitrogens is 1. The minimum absolute atomic E-state index is 0.101. The van der Waals surface area contributed by atoms with Crippen molar-refractivity contribution in [3.05, 3.63) is 35.3 Å². The molecule has 0 spiro atoms. The van der Waals surface area contributed by atoms with E-state index >= 15 is 0 Å². The summed E-state index contributed by atoms with van der Waals surface area (Å²) in [6.07, 6.45) is -0.101. The average Bonchev–Trinajstić information content (AvgIpc) is 2.69. The molecule has 1 heterocycles. The average molecular weight is 260 g/mol. The largest absolute Gasteiger partial charge is 0.496 e. The molecule has 100 valence electrons. The van der Waals surface area contributed by atoms with Crippen molar-refractivity contribution in [2.75, 3.05) is 7.11 Å². The number of carboxylic acid groups (broad SMARTS) is 1. The summed E-state index contributed by atoms with van der Waals surface area (Å²) in [5, 5.41) is 8.77. The smallest absolute Gasteiger partial charge is 0.311 e. The maximum Gasteiger partial charge on any atom is 0.311 e. The van der Waals surface area contributed by atoms with Crippen molar-refractivity contribution in [1.29, 1.82) is 0 Å². The summed E-state index contributed by atoms with van der Waals surface area (Å²) >= 11 is 0. The third kappa shape index (κ3) is 2.76. The molecule has 2 aromatic rings. The Bertz CT molecular complexity index is 617. The molecule has 5 nitrogen and oxygen atoms in total. The first-order valence-electron chi connectivity index (χ1n) is 5.93. The molecule has 0 bridgehead atoms. The first kappa shape index (κ1) is 13.1. The maximum absolute atomic E-state index is 10.7. The number of aromatic nitrogens is 2. The van der Waals surface area contributed by atoms with Crippen molar-refractivity contribution in [3.63, 3.8) is 0 Å². The van der Waals surface area contributed by atoms with Gasteiger partial charge in [-0.15, -0.1) is 0 Å². The molecular weight excluding hydrogens is 244 g/mol. The number of ether oxygens (including phenoxy) is 1. The van der Waals surface area contributed by atoms with Crippen molar-refractivity contribution in [2.45, 2.75) is 20.3 Å². The van der Waals surface area contributed by atoms with Crippen molar-refractivity contribution in [2.24, 2.45) is 0 Å². The van der Waals surface area contributed by atoms with Crippen LogP contribution in [0.4, 0.5) is 0 Å². The summed E-state index contributed by atoms with van der Waals surface area (Å²) in [5.74, 6) is 0.391. The van der Waals surface area contributed by atoms with E-state index in [9.17, 15) is 4.79 Å². The zero-order valence-corrected chi connectivity index (χ0v) is 11.2. The number of aryl methyl sites for hydroxylation is 2. The first-order chi connectivity index (χ1) is 9.01. The predicted molar refractivity (Wildman–Crippen MR) is 71.4 cm³/mol. The highest BCUT2D eigenvalue weighted by molar-refractivity contribution is 5.70. The minimum atomic E-state index is -0.897. The molecule has 0 saturated heterocycles. The van der Waals surface area contributed by atoms with E-state index in [0.29, 0.717) is 5.82 Å². The summed E-state index contributed by atoms with van der Waals surface area (Å²) in [6.45, 7) is 3.84. The lowest BCUT2D eigenvalue weighted by atomic mass is 10.1. The molecule has 0 aliphatic rings. The van der Waals surface area contributed by atoms with Gasteiger partial charge in [0.2, 0.25) is 0 Å². The Hall–Kier alpha value is -2.30. The number of carboxylic acids is 1.